The Balaban J connectivity index is 1.72. The van der Waals surface area contributed by atoms with E-state index in [1.54, 1.807) is 21.3 Å². The van der Waals surface area contributed by atoms with Crippen LogP contribution in [0.1, 0.15) is 0 Å². The first kappa shape index (κ1) is 18.7. The van der Waals surface area contributed by atoms with Crippen LogP contribution in [0, 0.1) is 0 Å². The van der Waals surface area contributed by atoms with E-state index in [9.17, 15) is 0 Å². The standard InChI is InChI=1S/C16H26N4O3S/c1-21-14-6-4-13(5-7-14)19-8-10-20(11-9-19)18-16(24)17-12-15(22-2)23-3/h4-7,15H,8-12H2,1-3H3,(H2,17,18,24). The van der Waals surface area contributed by atoms with Crippen LogP contribution in [0.3, 0.4) is 0 Å². The van der Waals surface area contributed by atoms with Crippen molar-refractivity contribution in [2.24, 2.45) is 0 Å². The van der Waals surface area contributed by atoms with Gasteiger partial charge in [0.15, 0.2) is 11.4 Å². The number of ether oxygens (including phenoxy) is 3. The van der Waals surface area contributed by atoms with Crippen LogP contribution in [0.5, 0.6) is 5.75 Å². The SMILES string of the molecule is COc1ccc(N2CCN(NC(=S)NCC(OC)OC)CC2)cc1. The van der Waals surface area contributed by atoms with Crippen LogP contribution in [-0.2, 0) is 9.47 Å². The highest BCUT2D eigenvalue weighted by Gasteiger charge is 2.18. The van der Waals surface area contributed by atoms with Gasteiger partial charge < -0.3 is 24.4 Å². The van der Waals surface area contributed by atoms with Crippen molar-refractivity contribution in [2.75, 3.05) is 59.0 Å². The molecule has 0 spiro atoms. The van der Waals surface area contributed by atoms with Crippen molar-refractivity contribution in [3.05, 3.63) is 24.3 Å². The molecular formula is C16H26N4O3S. The molecule has 24 heavy (non-hydrogen) atoms. The lowest BCUT2D eigenvalue weighted by molar-refractivity contribution is -0.0966. The molecule has 0 aromatic heterocycles. The molecule has 0 aliphatic carbocycles. The maximum Gasteiger partial charge on any atom is 0.181 e. The van der Waals surface area contributed by atoms with Gasteiger partial charge in [-0.15, -0.1) is 0 Å². The van der Waals surface area contributed by atoms with Gasteiger partial charge in [0.25, 0.3) is 0 Å². The third kappa shape index (κ3) is 5.48. The average molecular weight is 354 g/mol. The van der Waals surface area contributed by atoms with Crippen LogP contribution in [0.15, 0.2) is 24.3 Å². The molecule has 1 aliphatic rings. The Hall–Kier alpha value is -1.61. The minimum atomic E-state index is -0.309. The Kier molecular flexibility index (Phi) is 7.51. The maximum absolute atomic E-state index is 5.30. The largest absolute Gasteiger partial charge is 0.497 e. The highest BCUT2D eigenvalue weighted by Crippen LogP contribution is 2.20. The van der Waals surface area contributed by atoms with Crippen LogP contribution in [-0.4, -0.2) is 70.5 Å². The number of nitrogens with zero attached hydrogens (tertiary/aromatic N) is 2. The van der Waals surface area contributed by atoms with Crippen molar-refractivity contribution >= 4 is 23.0 Å². The third-order valence-corrected chi connectivity index (χ3v) is 4.17. The van der Waals surface area contributed by atoms with Gasteiger partial charge in [-0.3, -0.25) is 5.43 Å². The van der Waals surface area contributed by atoms with Crippen molar-refractivity contribution in [1.82, 2.24) is 15.8 Å². The smallest absolute Gasteiger partial charge is 0.181 e. The third-order valence-electron chi connectivity index (χ3n) is 3.93. The molecule has 134 valence electrons. The number of anilines is 1. The number of benzene rings is 1. The zero-order valence-corrected chi connectivity index (χ0v) is 15.3. The molecule has 1 heterocycles. The van der Waals surface area contributed by atoms with E-state index in [0.717, 1.165) is 31.9 Å². The number of nitrogens with one attached hydrogen (secondary N) is 2. The predicted octanol–water partition coefficient (Wildman–Crippen LogP) is 0.815. The molecule has 0 saturated carbocycles. The van der Waals surface area contributed by atoms with Crippen molar-refractivity contribution in [2.45, 2.75) is 6.29 Å². The zero-order chi connectivity index (χ0) is 17.4. The van der Waals surface area contributed by atoms with Crippen LogP contribution in [0.4, 0.5) is 5.69 Å². The first-order chi connectivity index (χ1) is 11.7. The molecule has 1 saturated heterocycles. The molecule has 1 aromatic rings. The molecule has 2 rings (SSSR count). The molecule has 8 heteroatoms. The Labute approximate surface area is 148 Å². The lowest BCUT2D eigenvalue weighted by Gasteiger charge is -2.36. The van der Waals surface area contributed by atoms with Gasteiger partial charge in [0.2, 0.25) is 0 Å². The van der Waals surface area contributed by atoms with E-state index >= 15 is 0 Å². The van der Waals surface area contributed by atoms with Gasteiger partial charge in [-0.05, 0) is 36.5 Å². The second kappa shape index (κ2) is 9.63. The Morgan fingerprint density at radius 3 is 2.25 bits per heavy atom. The van der Waals surface area contributed by atoms with Crippen molar-refractivity contribution in [3.8, 4) is 5.75 Å². The molecule has 0 radical (unpaired) electrons. The summed E-state index contributed by atoms with van der Waals surface area (Å²) in [6.45, 7) is 4.13. The Bertz CT molecular complexity index is 503. The molecule has 2 N–H and O–H groups in total. The molecule has 7 nitrogen and oxygen atoms in total. The molecule has 1 aromatic carbocycles. The topological polar surface area (TPSA) is 58.2 Å². The fourth-order valence-corrected chi connectivity index (χ4v) is 2.70. The van der Waals surface area contributed by atoms with Gasteiger partial charge in [0.1, 0.15) is 5.75 Å². The summed E-state index contributed by atoms with van der Waals surface area (Å²) in [7, 11) is 4.88. The van der Waals surface area contributed by atoms with Gasteiger partial charge in [-0.25, -0.2) is 5.01 Å². The normalized spacial score (nSPS) is 15.4. The highest BCUT2D eigenvalue weighted by molar-refractivity contribution is 7.80. The fraction of sp³-hybridized carbons (Fsp3) is 0.562. The van der Waals surface area contributed by atoms with Gasteiger partial charge in [0, 0.05) is 46.1 Å². The molecule has 1 aliphatic heterocycles. The van der Waals surface area contributed by atoms with Gasteiger partial charge in [-0.1, -0.05) is 0 Å². The monoisotopic (exact) mass is 354 g/mol. The quantitative estimate of drug-likeness (QED) is 0.551. The first-order valence-electron chi connectivity index (χ1n) is 7.90. The van der Waals surface area contributed by atoms with E-state index in [4.69, 9.17) is 26.4 Å². The van der Waals surface area contributed by atoms with Gasteiger partial charge in [-0.2, -0.15) is 0 Å². The molecule has 0 amide bonds. The Morgan fingerprint density at radius 2 is 1.71 bits per heavy atom. The predicted molar refractivity (Wildman–Crippen MR) is 98.3 cm³/mol. The van der Waals surface area contributed by atoms with E-state index in [1.165, 1.54) is 5.69 Å². The number of hydrogen-bond donors (Lipinski definition) is 2. The number of methoxy groups -OCH3 is 3. The number of piperazine rings is 1. The number of thiocarbonyl (C=S) groups is 1. The average Bonchev–Trinajstić information content (AvgIpc) is 2.63. The number of hydrazine groups is 1. The molecular weight excluding hydrogens is 328 g/mol. The number of rotatable bonds is 7. The lowest BCUT2D eigenvalue weighted by Crippen LogP contribution is -2.56. The molecule has 0 atom stereocenters. The Morgan fingerprint density at radius 1 is 1.08 bits per heavy atom. The summed E-state index contributed by atoms with van der Waals surface area (Å²) < 4.78 is 15.4. The summed E-state index contributed by atoms with van der Waals surface area (Å²) in [5.41, 5.74) is 4.42. The van der Waals surface area contributed by atoms with Crippen LogP contribution >= 0.6 is 12.2 Å². The summed E-state index contributed by atoms with van der Waals surface area (Å²) in [5, 5.41) is 5.78. The zero-order valence-electron chi connectivity index (χ0n) is 14.4. The second-order valence-corrected chi connectivity index (χ2v) is 5.80. The molecule has 0 unspecified atom stereocenters. The summed E-state index contributed by atoms with van der Waals surface area (Å²) in [6, 6.07) is 8.15. The second-order valence-electron chi connectivity index (χ2n) is 5.39. The summed E-state index contributed by atoms with van der Waals surface area (Å²) in [5.74, 6) is 0.876. The van der Waals surface area contributed by atoms with Gasteiger partial charge in [0.05, 0.1) is 13.7 Å². The fourth-order valence-electron chi connectivity index (χ4n) is 2.49. The lowest BCUT2D eigenvalue weighted by atomic mass is 10.2. The van der Waals surface area contributed by atoms with Crippen molar-refractivity contribution in [1.29, 1.82) is 0 Å². The summed E-state index contributed by atoms with van der Waals surface area (Å²) in [4.78, 5) is 2.35. The minimum absolute atomic E-state index is 0.309. The summed E-state index contributed by atoms with van der Waals surface area (Å²) in [6.07, 6.45) is -0.309. The van der Waals surface area contributed by atoms with E-state index in [0.29, 0.717) is 11.7 Å². The maximum atomic E-state index is 5.30. The highest BCUT2D eigenvalue weighted by atomic mass is 32.1. The van der Waals surface area contributed by atoms with Crippen LogP contribution in [0.2, 0.25) is 0 Å². The number of hydrogen-bond acceptors (Lipinski definition) is 6. The molecule has 1 fully saturated rings. The van der Waals surface area contributed by atoms with E-state index in [2.05, 4.69) is 32.8 Å². The van der Waals surface area contributed by atoms with E-state index in [1.807, 2.05) is 12.1 Å². The summed E-state index contributed by atoms with van der Waals surface area (Å²) >= 11 is 5.30. The van der Waals surface area contributed by atoms with Crippen molar-refractivity contribution in [3.63, 3.8) is 0 Å². The minimum Gasteiger partial charge on any atom is -0.497 e. The van der Waals surface area contributed by atoms with Crippen molar-refractivity contribution < 1.29 is 14.2 Å². The van der Waals surface area contributed by atoms with E-state index in [-0.39, 0.29) is 6.29 Å². The van der Waals surface area contributed by atoms with E-state index < -0.39 is 0 Å². The molecule has 0 bridgehead atoms. The van der Waals surface area contributed by atoms with Gasteiger partial charge >= 0.3 is 0 Å². The van der Waals surface area contributed by atoms with Crippen LogP contribution in [0.25, 0.3) is 0 Å². The first-order valence-corrected chi connectivity index (χ1v) is 8.31. The van der Waals surface area contributed by atoms with Crippen LogP contribution < -0.4 is 20.4 Å².